The van der Waals surface area contributed by atoms with Crippen LogP contribution >= 0.6 is 0 Å². The third-order valence-corrected chi connectivity index (χ3v) is 10.7. The number of allylic oxidation sites excluding steroid dienone is 5. The minimum atomic E-state index is 0.702. The molecule has 0 unspecified atom stereocenters. The van der Waals surface area contributed by atoms with Crippen molar-refractivity contribution in [2.45, 2.75) is 27.7 Å². The Morgan fingerprint density at radius 1 is 0.632 bits per heavy atom. The van der Waals surface area contributed by atoms with Crippen molar-refractivity contribution in [2.75, 3.05) is 9.80 Å². The number of furan rings is 3. The van der Waals surface area contributed by atoms with E-state index in [9.17, 15) is 0 Å². The third-order valence-electron chi connectivity index (χ3n) is 10.7. The molecule has 8 aromatic rings. The zero-order chi connectivity index (χ0) is 39.8. The van der Waals surface area contributed by atoms with E-state index in [-0.39, 0.29) is 0 Å². The van der Waals surface area contributed by atoms with E-state index in [1.54, 1.807) is 6.08 Å². The Bertz CT molecular complexity index is 2980. The van der Waals surface area contributed by atoms with Gasteiger partial charge >= 0.3 is 0 Å². The Morgan fingerprint density at radius 3 is 2.11 bits per heavy atom. The summed E-state index contributed by atoms with van der Waals surface area (Å²) in [6.07, 6.45) is 15.3. The normalized spacial score (nSPS) is 12.3. The van der Waals surface area contributed by atoms with Crippen LogP contribution in [-0.4, -0.2) is 0 Å². The number of benzene rings is 5. The maximum Gasteiger partial charge on any atom is 0.159 e. The molecule has 5 heteroatoms. The lowest BCUT2D eigenvalue weighted by molar-refractivity contribution is 0.538. The monoisotopic (exact) mass is 744 g/mol. The molecule has 0 saturated carbocycles. The van der Waals surface area contributed by atoms with Gasteiger partial charge in [0.05, 0.1) is 22.8 Å². The number of rotatable bonds is 12. The number of anilines is 4. The van der Waals surface area contributed by atoms with Crippen LogP contribution in [0, 0.1) is 13.8 Å². The molecule has 8 rings (SSSR count). The largest absolute Gasteiger partial charge is 0.456 e. The Morgan fingerprint density at radius 2 is 1.39 bits per heavy atom. The van der Waals surface area contributed by atoms with Crippen LogP contribution in [0.15, 0.2) is 173 Å². The Kier molecular flexibility index (Phi) is 9.74. The first-order chi connectivity index (χ1) is 27.9. The highest BCUT2D eigenvalue weighted by Gasteiger charge is 2.28. The van der Waals surface area contributed by atoms with Gasteiger partial charge in [-0.25, -0.2) is 0 Å². The van der Waals surface area contributed by atoms with Crippen LogP contribution < -0.4 is 9.80 Å². The van der Waals surface area contributed by atoms with Crippen LogP contribution in [0.2, 0.25) is 0 Å². The summed E-state index contributed by atoms with van der Waals surface area (Å²) < 4.78 is 20.0. The summed E-state index contributed by atoms with van der Waals surface area (Å²) in [7, 11) is 0. The van der Waals surface area contributed by atoms with E-state index in [4.69, 9.17) is 13.3 Å². The van der Waals surface area contributed by atoms with Gasteiger partial charge in [0.2, 0.25) is 0 Å². The predicted molar refractivity (Wildman–Crippen MR) is 243 cm³/mol. The lowest BCUT2D eigenvalue weighted by Crippen LogP contribution is -2.21. The number of hydrogen-bond donors (Lipinski definition) is 0. The molecule has 0 aliphatic heterocycles. The fraction of sp³-hybridized carbons (Fsp3) is 0.0769. The summed E-state index contributed by atoms with van der Waals surface area (Å²) in [6.45, 7) is 25.0. The highest BCUT2D eigenvalue weighted by Crippen LogP contribution is 2.47. The summed E-state index contributed by atoms with van der Waals surface area (Å²) in [4.78, 5) is 4.35. The second-order valence-corrected chi connectivity index (χ2v) is 13.8. The Hall–Kier alpha value is -7.24. The van der Waals surface area contributed by atoms with Crippen LogP contribution in [0.5, 0.6) is 0 Å². The molecule has 0 fully saturated rings. The van der Waals surface area contributed by atoms with Gasteiger partial charge in [-0.2, -0.15) is 0 Å². The average Bonchev–Trinajstić information content (AvgIpc) is 3.89. The SMILES string of the molecule is C=C/C=C(\C=C)N(/C(=C/C)c1oc(/C=C\C)c(C)c1C)c1cc2oc3cc(N(c4ccccc4)c4cccc5c4oc4ccccc45)ccc3c2c(C=C)c1C=C. The van der Waals surface area contributed by atoms with Crippen LogP contribution in [0.1, 0.15) is 47.6 Å². The quantitative estimate of drug-likeness (QED) is 0.117. The molecule has 5 aromatic carbocycles. The average molecular weight is 745 g/mol. The van der Waals surface area contributed by atoms with Crippen molar-refractivity contribution in [3.8, 4) is 0 Å². The van der Waals surface area contributed by atoms with E-state index >= 15 is 0 Å². The molecule has 0 spiro atoms. The standard InChI is InChI=1S/C52H44N2O3/c1-9-21-35(11-3)54(43(14-6)51-34(8)33(7)46(56-51)22-10-2)45-32-49-50(39(13-5)38(45)12-4)42-30-29-37(31-48(42)55-49)53(36-23-16-15-17-24-36)44-27-20-26-41-40-25-18-19-28-47(40)57-52(41)44/h9-32H,1,3-5H2,2,6-8H3/b22-10-,35-21+,43-14+. The fourth-order valence-corrected chi connectivity index (χ4v) is 7.92. The van der Waals surface area contributed by atoms with Gasteiger partial charge in [0, 0.05) is 56.2 Å². The van der Waals surface area contributed by atoms with E-state index < -0.39 is 0 Å². The first-order valence-corrected chi connectivity index (χ1v) is 19.1. The molecule has 0 amide bonds. The van der Waals surface area contributed by atoms with Gasteiger partial charge in [0.15, 0.2) is 11.3 Å². The highest BCUT2D eigenvalue weighted by atomic mass is 16.3. The van der Waals surface area contributed by atoms with Crippen LogP contribution in [-0.2, 0) is 0 Å². The third kappa shape index (κ3) is 6.05. The number of fused-ring (bicyclic) bond motifs is 6. The Balaban J connectivity index is 1.36. The maximum atomic E-state index is 6.88. The molecule has 0 radical (unpaired) electrons. The zero-order valence-corrected chi connectivity index (χ0v) is 32.8. The molecule has 5 nitrogen and oxygen atoms in total. The van der Waals surface area contributed by atoms with Crippen molar-refractivity contribution in [3.05, 3.63) is 193 Å². The summed E-state index contributed by atoms with van der Waals surface area (Å²) in [5.74, 6) is 1.57. The van der Waals surface area contributed by atoms with Crippen molar-refractivity contribution < 1.29 is 13.3 Å². The number of para-hydroxylation sites is 3. The molecular formula is C52H44N2O3. The summed E-state index contributed by atoms with van der Waals surface area (Å²) in [5, 5.41) is 4.05. The van der Waals surface area contributed by atoms with Gasteiger partial charge in [0.1, 0.15) is 22.5 Å². The number of hydrogen-bond acceptors (Lipinski definition) is 5. The van der Waals surface area contributed by atoms with Crippen molar-refractivity contribution in [1.82, 2.24) is 0 Å². The second-order valence-electron chi connectivity index (χ2n) is 13.8. The molecule has 0 saturated heterocycles. The molecule has 0 N–H and O–H groups in total. The lowest BCUT2D eigenvalue weighted by atomic mass is 9.96. The van der Waals surface area contributed by atoms with Crippen molar-refractivity contribution in [2.24, 2.45) is 0 Å². The molecule has 0 bridgehead atoms. The molecule has 3 aromatic heterocycles. The molecule has 0 aliphatic rings. The maximum absolute atomic E-state index is 6.88. The van der Waals surface area contributed by atoms with Gasteiger partial charge in [-0.3, -0.25) is 0 Å². The smallest absolute Gasteiger partial charge is 0.159 e. The van der Waals surface area contributed by atoms with E-state index in [2.05, 4.69) is 117 Å². The van der Waals surface area contributed by atoms with Gasteiger partial charge in [-0.1, -0.05) is 105 Å². The first kappa shape index (κ1) is 36.7. The molecule has 57 heavy (non-hydrogen) atoms. The van der Waals surface area contributed by atoms with Crippen molar-refractivity contribution >= 4 is 90.6 Å². The minimum Gasteiger partial charge on any atom is -0.456 e. The molecule has 3 heterocycles. The van der Waals surface area contributed by atoms with Crippen molar-refractivity contribution in [3.63, 3.8) is 0 Å². The van der Waals surface area contributed by atoms with Crippen LogP contribution in [0.4, 0.5) is 22.7 Å². The van der Waals surface area contributed by atoms with Gasteiger partial charge in [-0.15, -0.1) is 0 Å². The lowest BCUT2D eigenvalue weighted by Gasteiger charge is -2.30. The van der Waals surface area contributed by atoms with Crippen LogP contribution in [0.3, 0.4) is 0 Å². The van der Waals surface area contributed by atoms with Gasteiger partial charge in [-0.05, 0) is 93.4 Å². The van der Waals surface area contributed by atoms with E-state index in [1.807, 2.05) is 86.7 Å². The zero-order valence-electron chi connectivity index (χ0n) is 32.8. The van der Waals surface area contributed by atoms with Gasteiger partial charge in [0.25, 0.3) is 0 Å². The molecular weight excluding hydrogens is 701 g/mol. The summed E-state index contributed by atoms with van der Waals surface area (Å²) in [5.41, 5.74) is 12.3. The summed E-state index contributed by atoms with van der Waals surface area (Å²) in [6, 6.07) is 33.2. The second kappa shape index (κ2) is 15.1. The van der Waals surface area contributed by atoms with E-state index in [0.717, 1.165) is 106 Å². The Labute approximate surface area is 333 Å². The molecule has 280 valence electrons. The van der Waals surface area contributed by atoms with E-state index in [1.165, 1.54) is 0 Å². The van der Waals surface area contributed by atoms with Crippen LogP contribution in [0.25, 0.3) is 67.8 Å². The van der Waals surface area contributed by atoms with E-state index in [0.29, 0.717) is 5.58 Å². The van der Waals surface area contributed by atoms with Gasteiger partial charge < -0.3 is 23.1 Å². The predicted octanol–water partition coefficient (Wildman–Crippen LogP) is 15.6. The first-order valence-electron chi connectivity index (χ1n) is 19.1. The highest BCUT2D eigenvalue weighted by molar-refractivity contribution is 6.14. The topological polar surface area (TPSA) is 45.9 Å². The van der Waals surface area contributed by atoms with Crippen molar-refractivity contribution in [1.29, 1.82) is 0 Å². The summed E-state index contributed by atoms with van der Waals surface area (Å²) >= 11 is 0. The minimum absolute atomic E-state index is 0.702. The fourth-order valence-electron chi connectivity index (χ4n) is 7.92. The number of nitrogens with zero attached hydrogens (tertiary/aromatic N) is 2. The molecule has 0 atom stereocenters. The molecule has 0 aliphatic carbocycles.